The van der Waals surface area contributed by atoms with Crippen molar-refractivity contribution in [2.75, 3.05) is 27.4 Å². The lowest BCUT2D eigenvalue weighted by Crippen LogP contribution is -2.37. The molecule has 4 rings (SSSR count). The van der Waals surface area contributed by atoms with Crippen molar-refractivity contribution in [1.82, 2.24) is 0 Å². The van der Waals surface area contributed by atoms with Gasteiger partial charge in [0, 0.05) is 6.61 Å². The molecule has 0 aliphatic carbocycles. The van der Waals surface area contributed by atoms with E-state index in [0.717, 1.165) is 28.2 Å². The summed E-state index contributed by atoms with van der Waals surface area (Å²) in [5, 5.41) is 9.37. The molecule has 4 aromatic rings. The summed E-state index contributed by atoms with van der Waals surface area (Å²) in [6.07, 6.45) is 1.32. The van der Waals surface area contributed by atoms with E-state index in [2.05, 4.69) is 0 Å². The summed E-state index contributed by atoms with van der Waals surface area (Å²) in [5.41, 5.74) is 2.18. The molecule has 0 radical (unpaired) electrons. The second-order valence-corrected chi connectivity index (χ2v) is 9.43. The van der Waals surface area contributed by atoms with Gasteiger partial charge < -0.3 is 24.1 Å². The van der Waals surface area contributed by atoms with E-state index in [1.54, 1.807) is 26.4 Å². The number of carbonyl (C=O) groups is 1. The highest BCUT2D eigenvalue weighted by atomic mass is 16.6. The van der Waals surface area contributed by atoms with Crippen molar-refractivity contribution in [2.45, 2.75) is 31.0 Å². The van der Waals surface area contributed by atoms with E-state index in [9.17, 15) is 9.90 Å². The highest BCUT2D eigenvalue weighted by molar-refractivity contribution is 5.89. The Morgan fingerprint density at radius 1 is 0.700 bits per heavy atom. The minimum atomic E-state index is -1.02. The molecule has 208 valence electrons. The number of aliphatic hydroxyl groups excluding tert-OH is 1. The van der Waals surface area contributed by atoms with Crippen LogP contribution in [0.2, 0.25) is 0 Å². The summed E-state index contributed by atoms with van der Waals surface area (Å²) in [5.74, 6) is 1.07. The number of aliphatic hydroxyl groups is 1. The topological polar surface area (TPSA) is 74.2 Å². The van der Waals surface area contributed by atoms with Gasteiger partial charge in [0.2, 0.25) is 0 Å². The van der Waals surface area contributed by atoms with Crippen LogP contribution in [0.3, 0.4) is 0 Å². The third-order valence-electron chi connectivity index (χ3n) is 6.88. The Labute approximate surface area is 236 Å². The average Bonchev–Trinajstić information content (AvgIpc) is 3.02. The van der Waals surface area contributed by atoms with E-state index in [0.29, 0.717) is 24.8 Å². The lowest BCUT2D eigenvalue weighted by atomic mass is 9.80. The smallest absolute Gasteiger partial charge is 0.338 e. The van der Waals surface area contributed by atoms with Gasteiger partial charge in [0.1, 0.15) is 23.2 Å². The van der Waals surface area contributed by atoms with Gasteiger partial charge in [-0.15, -0.1) is 0 Å². The van der Waals surface area contributed by atoms with Gasteiger partial charge in [0.15, 0.2) is 0 Å². The fraction of sp³-hybridized carbons (Fsp3) is 0.265. The van der Waals surface area contributed by atoms with Crippen LogP contribution in [-0.2, 0) is 15.1 Å². The summed E-state index contributed by atoms with van der Waals surface area (Å²) in [6.45, 7) is 0.211. The lowest BCUT2D eigenvalue weighted by molar-refractivity contribution is -0.0523. The highest BCUT2D eigenvalue weighted by Gasteiger charge is 2.39. The SMILES string of the molecule is COc1ccc(C(OCC(CCCCO)OC(=O)c2ccccc2)(c2ccccc2)c2ccc(OC)cc2)cc1. The third-order valence-corrected chi connectivity index (χ3v) is 6.88. The van der Waals surface area contributed by atoms with Crippen LogP contribution in [0.25, 0.3) is 0 Å². The molecule has 0 aliphatic rings. The molecule has 40 heavy (non-hydrogen) atoms. The van der Waals surface area contributed by atoms with Gasteiger partial charge in [-0.05, 0) is 72.4 Å². The Balaban J connectivity index is 1.75. The van der Waals surface area contributed by atoms with Crippen molar-refractivity contribution in [2.24, 2.45) is 0 Å². The van der Waals surface area contributed by atoms with E-state index in [-0.39, 0.29) is 13.2 Å². The standard InChI is InChI=1S/C34H36O6/c1-37-30-20-16-28(17-21-30)34(27-13-7-4-8-14-27,29-18-22-31(38-2)23-19-29)39-25-32(15-9-10-24-35)40-33(36)26-11-5-3-6-12-26/h3-8,11-14,16-23,32,35H,9-10,15,24-25H2,1-2H3. The normalized spacial score (nSPS) is 12.0. The van der Waals surface area contributed by atoms with Gasteiger partial charge in [-0.25, -0.2) is 4.79 Å². The number of benzene rings is 4. The maximum atomic E-state index is 13.0. The molecule has 0 spiro atoms. The molecule has 4 aromatic carbocycles. The van der Waals surface area contributed by atoms with Gasteiger partial charge in [-0.1, -0.05) is 72.8 Å². The summed E-state index contributed by atoms with van der Waals surface area (Å²) < 4.78 is 23.8. The van der Waals surface area contributed by atoms with Crippen LogP contribution in [0.5, 0.6) is 11.5 Å². The molecule has 0 saturated heterocycles. The van der Waals surface area contributed by atoms with Crippen molar-refractivity contribution in [3.63, 3.8) is 0 Å². The zero-order valence-electron chi connectivity index (χ0n) is 23.0. The molecule has 0 bridgehead atoms. The molecule has 0 fully saturated rings. The molecule has 0 heterocycles. The summed E-state index contributed by atoms with van der Waals surface area (Å²) in [4.78, 5) is 13.0. The van der Waals surface area contributed by atoms with E-state index >= 15 is 0 Å². The van der Waals surface area contributed by atoms with Crippen LogP contribution in [0.1, 0.15) is 46.3 Å². The van der Waals surface area contributed by atoms with E-state index in [1.807, 2.05) is 97.1 Å². The fourth-order valence-corrected chi connectivity index (χ4v) is 4.75. The van der Waals surface area contributed by atoms with Gasteiger partial charge >= 0.3 is 5.97 Å². The maximum Gasteiger partial charge on any atom is 0.338 e. The molecule has 0 saturated carbocycles. The first-order valence-electron chi connectivity index (χ1n) is 13.5. The number of unbranched alkanes of at least 4 members (excludes halogenated alkanes) is 1. The second-order valence-electron chi connectivity index (χ2n) is 9.43. The van der Waals surface area contributed by atoms with Gasteiger partial charge in [-0.3, -0.25) is 0 Å². The molecular formula is C34H36O6. The fourth-order valence-electron chi connectivity index (χ4n) is 4.75. The quantitative estimate of drug-likeness (QED) is 0.113. The summed E-state index contributed by atoms with van der Waals surface area (Å²) >= 11 is 0. The summed E-state index contributed by atoms with van der Waals surface area (Å²) in [7, 11) is 3.27. The number of hydrogen-bond donors (Lipinski definition) is 1. The summed E-state index contributed by atoms with van der Waals surface area (Å²) in [6, 6.07) is 34.5. The first kappa shape index (κ1) is 28.9. The molecule has 1 atom stereocenters. The molecule has 0 aromatic heterocycles. The van der Waals surface area contributed by atoms with Crippen LogP contribution >= 0.6 is 0 Å². The Bertz CT molecular complexity index is 1260. The zero-order valence-corrected chi connectivity index (χ0v) is 23.0. The van der Waals surface area contributed by atoms with Gasteiger partial charge in [0.25, 0.3) is 0 Å². The number of hydrogen-bond acceptors (Lipinski definition) is 6. The second kappa shape index (κ2) is 14.3. The van der Waals surface area contributed by atoms with Crippen molar-refractivity contribution in [3.8, 4) is 11.5 Å². The average molecular weight is 541 g/mol. The maximum absolute atomic E-state index is 13.0. The lowest BCUT2D eigenvalue weighted by Gasteiger charge is -2.37. The number of ether oxygens (including phenoxy) is 4. The Morgan fingerprint density at radius 3 is 1.70 bits per heavy atom. The van der Waals surface area contributed by atoms with Crippen LogP contribution in [0.15, 0.2) is 109 Å². The van der Waals surface area contributed by atoms with Crippen LogP contribution < -0.4 is 9.47 Å². The molecule has 0 aliphatic heterocycles. The van der Waals surface area contributed by atoms with E-state index < -0.39 is 17.7 Å². The molecule has 1 unspecified atom stereocenters. The Kier molecular flexibility index (Phi) is 10.3. The molecular weight excluding hydrogens is 504 g/mol. The number of esters is 1. The van der Waals surface area contributed by atoms with Crippen LogP contribution in [0, 0.1) is 0 Å². The first-order valence-corrected chi connectivity index (χ1v) is 13.5. The number of carbonyl (C=O) groups excluding carboxylic acids is 1. The number of methoxy groups -OCH3 is 2. The van der Waals surface area contributed by atoms with Crippen LogP contribution in [0.4, 0.5) is 0 Å². The zero-order chi connectivity index (χ0) is 28.2. The van der Waals surface area contributed by atoms with Crippen molar-refractivity contribution < 1.29 is 28.8 Å². The van der Waals surface area contributed by atoms with Crippen molar-refractivity contribution >= 4 is 5.97 Å². The minimum absolute atomic E-state index is 0.0753. The van der Waals surface area contributed by atoms with Gasteiger partial charge in [0.05, 0.1) is 26.4 Å². The first-order chi connectivity index (χ1) is 19.6. The molecule has 6 nitrogen and oxygen atoms in total. The van der Waals surface area contributed by atoms with Gasteiger partial charge in [-0.2, -0.15) is 0 Å². The molecule has 6 heteroatoms. The van der Waals surface area contributed by atoms with E-state index in [1.165, 1.54) is 0 Å². The molecule has 0 amide bonds. The van der Waals surface area contributed by atoms with Crippen LogP contribution in [-0.4, -0.2) is 44.6 Å². The Morgan fingerprint density at radius 2 is 1.20 bits per heavy atom. The predicted octanol–water partition coefficient (Wildman–Crippen LogP) is 6.40. The highest BCUT2D eigenvalue weighted by Crippen LogP contribution is 2.42. The predicted molar refractivity (Wildman–Crippen MR) is 155 cm³/mol. The monoisotopic (exact) mass is 540 g/mol. The van der Waals surface area contributed by atoms with E-state index in [4.69, 9.17) is 18.9 Å². The third kappa shape index (κ3) is 6.89. The molecule has 1 N–H and O–H groups in total. The number of rotatable bonds is 14. The largest absolute Gasteiger partial charge is 0.497 e. The van der Waals surface area contributed by atoms with Crippen molar-refractivity contribution in [1.29, 1.82) is 0 Å². The minimum Gasteiger partial charge on any atom is -0.497 e. The van der Waals surface area contributed by atoms with Crippen molar-refractivity contribution in [3.05, 3.63) is 131 Å². The Hall–Kier alpha value is -4.13.